The quantitative estimate of drug-likeness (QED) is 0.638. The Labute approximate surface area is 197 Å². The van der Waals surface area contributed by atoms with Crippen molar-refractivity contribution in [3.05, 3.63) is 59.7 Å². The molecule has 1 unspecified atom stereocenters. The van der Waals surface area contributed by atoms with Gasteiger partial charge in [0.1, 0.15) is 11.5 Å². The predicted octanol–water partition coefficient (Wildman–Crippen LogP) is 4.77. The van der Waals surface area contributed by atoms with Crippen molar-refractivity contribution in [2.45, 2.75) is 56.0 Å². The van der Waals surface area contributed by atoms with Gasteiger partial charge in [-0.15, -0.1) is 0 Å². The lowest BCUT2D eigenvalue weighted by Crippen LogP contribution is -2.52. The average molecular weight is 450 g/mol. The second-order valence-electron chi connectivity index (χ2n) is 10.0. The highest BCUT2D eigenvalue weighted by molar-refractivity contribution is 5.91. The molecule has 0 aromatic heterocycles. The molecule has 3 aliphatic rings. The first-order valence-corrected chi connectivity index (χ1v) is 12.3. The zero-order valence-electron chi connectivity index (χ0n) is 19.8. The number of carbonyl (C=O) groups excluding carboxylic acids is 1. The summed E-state index contributed by atoms with van der Waals surface area (Å²) in [6, 6.07) is 16.5. The number of hydrogen-bond donors (Lipinski definition) is 0. The SMILES string of the molecule is COc1ccc(CC2CCOC3(CCN(C(=O)C4(c5ccc(OC)cc5)CC4)CC3)C2)cc1. The van der Waals surface area contributed by atoms with Crippen molar-refractivity contribution in [2.75, 3.05) is 33.9 Å². The minimum absolute atomic E-state index is 0.0665. The molecule has 33 heavy (non-hydrogen) atoms. The van der Waals surface area contributed by atoms with E-state index >= 15 is 0 Å². The van der Waals surface area contributed by atoms with Crippen molar-refractivity contribution in [2.24, 2.45) is 5.92 Å². The molecule has 2 saturated heterocycles. The highest BCUT2D eigenvalue weighted by atomic mass is 16.5. The van der Waals surface area contributed by atoms with Crippen LogP contribution in [0.5, 0.6) is 11.5 Å². The summed E-state index contributed by atoms with van der Waals surface area (Å²) in [5.41, 5.74) is 2.10. The number of nitrogens with zero attached hydrogens (tertiary/aromatic N) is 1. The second kappa shape index (κ2) is 9.02. The molecule has 2 aromatic rings. The standard InChI is InChI=1S/C28H35NO4/c1-31-24-7-3-21(4-8-24)19-22-11-18-33-27(20-22)14-16-29(17-15-27)26(30)28(12-13-28)23-5-9-25(32-2)10-6-23/h3-10,22H,11-20H2,1-2H3. The summed E-state index contributed by atoms with van der Waals surface area (Å²) in [5.74, 6) is 2.67. The minimum Gasteiger partial charge on any atom is -0.497 e. The number of carbonyl (C=O) groups is 1. The molecule has 2 heterocycles. The van der Waals surface area contributed by atoms with Gasteiger partial charge in [-0.25, -0.2) is 0 Å². The summed E-state index contributed by atoms with van der Waals surface area (Å²) < 4.78 is 17.0. The third-order valence-electron chi connectivity index (χ3n) is 8.04. The summed E-state index contributed by atoms with van der Waals surface area (Å²) in [5, 5.41) is 0. The van der Waals surface area contributed by atoms with E-state index in [1.54, 1.807) is 14.2 Å². The molecule has 3 fully saturated rings. The molecule has 5 heteroatoms. The van der Waals surface area contributed by atoms with Gasteiger partial charge < -0.3 is 19.1 Å². The van der Waals surface area contributed by atoms with E-state index in [4.69, 9.17) is 14.2 Å². The van der Waals surface area contributed by atoms with Gasteiger partial charge in [-0.2, -0.15) is 0 Å². The molecule has 1 atom stereocenters. The first kappa shape index (κ1) is 22.3. The smallest absolute Gasteiger partial charge is 0.233 e. The summed E-state index contributed by atoms with van der Waals surface area (Å²) in [6.07, 6.45) is 7.05. The summed E-state index contributed by atoms with van der Waals surface area (Å²) in [4.78, 5) is 15.6. The Morgan fingerprint density at radius 1 is 0.939 bits per heavy atom. The van der Waals surface area contributed by atoms with Crippen molar-refractivity contribution in [3.8, 4) is 11.5 Å². The van der Waals surface area contributed by atoms with Gasteiger partial charge in [-0.1, -0.05) is 24.3 Å². The molecule has 1 aliphatic carbocycles. The van der Waals surface area contributed by atoms with E-state index in [0.29, 0.717) is 11.8 Å². The normalized spacial score (nSPS) is 23.2. The molecule has 1 saturated carbocycles. The van der Waals surface area contributed by atoms with E-state index in [-0.39, 0.29) is 11.0 Å². The van der Waals surface area contributed by atoms with Crippen LogP contribution in [0.3, 0.4) is 0 Å². The lowest BCUT2D eigenvalue weighted by atomic mass is 9.77. The number of likely N-dealkylation sites (tertiary alicyclic amines) is 1. The maximum atomic E-state index is 13.5. The molecule has 1 spiro atoms. The van der Waals surface area contributed by atoms with Crippen LogP contribution in [0, 0.1) is 5.92 Å². The fourth-order valence-electron chi connectivity index (χ4n) is 5.83. The Morgan fingerprint density at radius 3 is 2.12 bits per heavy atom. The van der Waals surface area contributed by atoms with Gasteiger partial charge in [0.2, 0.25) is 5.91 Å². The minimum atomic E-state index is -0.318. The highest BCUT2D eigenvalue weighted by Gasteiger charge is 2.54. The van der Waals surface area contributed by atoms with Gasteiger partial charge in [0, 0.05) is 19.7 Å². The van der Waals surface area contributed by atoms with Crippen LogP contribution in [0.4, 0.5) is 0 Å². The number of ether oxygens (including phenoxy) is 3. The Balaban J connectivity index is 1.19. The number of hydrogen-bond acceptors (Lipinski definition) is 4. The average Bonchev–Trinajstić information content (AvgIpc) is 3.67. The third-order valence-corrected chi connectivity index (χ3v) is 8.04. The monoisotopic (exact) mass is 449 g/mol. The third kappa shape index (κ3) is 4.48. The van der Waals surface area contributed by atoms with Crippen molar-refractivity contribution < 1.29 is 19.0 Å². The van der Waals surface area contributed by atoms with Crippen LogP contribution in [0.25, 0.3) is 0 Å². The molecule has 5 nitrogen and oxygen atoms in total. The zero-order chi connectivity index (χ0) is 22.9. The molecular formula is C28H35NO4. The van der Waals surface area contributed by atoms with Gasteiger partial charge in [-0.05, 0) is 86.3 Å². The first-order valence-electron chi connectivity index (χ1n) is 12.3. The Kier molecular flexibility index (Phi) is 6.09. The van der Waals surface area contributed by atoms with E-state index in [9.17, 15) is 4.79 Å². The Bertz CT molecular complexity index is 956. The van der Waals surface area contributed by atoms with E-state index in [1.807, 2.05) is 24.3 Å². The summed E-state index contributed by atoms with van der Waals surface area (Å²) >= 11 is 0. The number of benzene rings is 2. The lowest BCUT2D eigenvalue weighted by Gasteiger charge is -2.47. The van der Waals surface area contributed by atoms with E-state index in [0.717, 1.165) is 81.7 Å². The van der Waals surface area contributed by atoms with Crippen LogP contribution >= 0.6 is 0 Å². The fourth-order valence-corrected chi connectivity index (χ4v) is 5.83. The maximum absolute atomic E-state index is 13.5. The van der Waals surface area contributed by atoms with Gasteiger partial charge in [-0.3, -0.25) is 4.79 Å². The molecule has 1 amide bonds. The van der Waals surface area contributed by atoms with Crippen LogP contribution < -0.4 is 9.47 Å². The molecule has 5 rings (SSSR count). The molecule has 0 radical (unpaired) electrons. The Morgan fingerprint density at radius 2 is 1.55 bits per heavy atom. The number of methoxy groups -OCH3 is 2. The van der Waals surface area contributed by atoms with Crippen molar-refractivity contribution in [1.29, 1.82) is 0 Å². The van der Waals surface area contributed by atoms with Gasteiger partial charge in [0.05, 0.1) is 25.2 Å². The first-order chi connectivity index (χ1) is 16.1. The largest absolute Gasteiger partial charge is 0.497 e. The number of piperidine rings is 1. The maximum Gasteiger partial charge on any atom is 0.233 e. The molecule has 2 aromatic carbocycles. The number of rotatable bonds is 6. The van der Waals surface area contributed by atoms with E-state index < -0.39 is 0 Å². The van der Waals surface area contributed by atoms with E-state index in [1.165, 1.54) is 5.56 Å². The van der Waals surface area contributed by atoms with Gasteiger partial charge >= 0.3 is 0 Å². The van der Waals surface area contributed by atoms with Crippen LogP contribution in [-0.4, -0.2) is 50.3 Å². The van der Waals surface area contributed by atoms with Crippen molar-refractivity contribution in [3.63, 3.8) is 0 Å². The van der Waals surface area contributed by atoms with Crippen LogP contribution in [0.15, 0.2) is 48.5 Å². The lowest BCUT2D eigenvalue weighted by molar-refractivity contribution is -0.149. The second-order valence-corrected chi connectivity index (χ2v) is 10.0. The van der Waals surface area contributed by atoms with Gasteiger partial charge in [0.25, 0.3) is 0 Å². The van der Waals surface area contributed by atoms with Crippen molar-refractivity contribution >= 4 is 5.91 Å². The topological polar surface area (TPSA) is 48.0 Å². The molecule has 0 bridgehead atoms. The fraction of sp³-hybridized carbons (Fsp3) is 0.536. The van der Waals surface area contributed by atoms with Crippen LogP contribution in [0.2, 0.25) is 0 Å². The summed E-state index contributed by atoms with van der Waals surface area (Å²) in [6.45, 7) is 2.42. The summed E-state index contributed by atoms with van der Waals surface area (Å²) in [7, 11) is 3.38. The molecule has 2 aliphatic heterocycles. The van der Waals surface area contributed by atoms with E-state index in [2.05, 4.69) is 29.2 Å². The molecule has 176 valence electrons. The van der Waals surface area contributed by atoms with Gasteiger partial charge in [0.15, 0.2) is 0 Å². The Hall–Kier alpha value is -2.53. The van der Waals surface area contributed by atoms with Crippen LogP contribution in [0.1, 0.15) is 49.7 Å². The number of amides is 1. The predicted molar refractivity (Wildman–Crippen MR) is 128 cm³/mol. The van der Waals surface area contributed by atoms with Crippen LogP contribution in [-0.2, 0) is 21.4 Å². The molecule has 0 N–H and O–H groups in total. The highest BCUT2D eigenvalue weighted by Crippen LogP contribution is 2.51. The zero-order valence-corrected chi connectivity index (χ0v) is 19.8. The molecular weight excluding hydrogens is 414 g/mol. The van der Waals surface area contributed by atoms with Crippen molar-refractivity contribution in [1.82, 2.24) is 4.90 Å².